The number of hydrogen-bond donors (Lipinski definition) is 0. The van der Waals surface area contributed by atoms with E-state index in [2.05, 4.69) is 30.3 Å². The van der Waals surface area contributed by atoms with Crippen molar-refractivity contribution < 1.29 is 9.72 Å². The number of carbonyl (C=O) groups excluding carboxylic acids is 1. The van der Waals surface area contributed by atoms with E-state index in [0.717, 1.165) is 41.6 Å². The summed E-state index contributed by atoms with van der Waals surface area (Å²) in [5.41, 5.74) is 6.20. The smallest absolute Gasteiger partial charge is 0.272 e. The Morgan fingerprint density at radius 1 is 0.973 bits per heavy atom. The van der Waals surface area contributed by atoms with Crippen LogP contribution in [0, 0.1) is 29.9 Å². The summed E-state index contributed by atoms with van der Waals surface area (Å²) in [6.07, 6.45) is 2.97. The number of benzene rings is 3. The second-order valence-electron chi connectivity index (χ2n) is 9.85. The lowest BCUT2D eigenvalue weighted by atomic mass is 9.90. The van der Waals surface area contributed by atoms with Crippen LogP contribution in [0.3, 0.4) is 0 Å². The lowest BCUT2D eigenvalue weighted by Crippen LogP contribution is -2.39. The van der Waals surface area contributed by atoms with Crippen LogP contribution in [0.15, 0.2) is 78.9 Å². The molecule has 1 fully saturated rings. The fourth-order valence-corrected chi connectivity index (χ4v) is 5.10. The molecule has 4 aromatic rings. The number of piperidine rings is 1. The Balaban J connectivity index is 1.42. The molecule has 7 heteroatoms. The van der Waals surface area contributed by atoms with Crippen LogP contribution in [-0.4, -0.2) is 38.6 Å². The van der Waals surface area contributed by atoms with Gasteiger partial charge in [-0.25, -0.2) is 4.68 Å². The second-order valence-corrected chi connectivity index (χ2v) is 9.85. The van der Waals surface area contributed by atoms with Gasteiger partial charge in [0.15, 0.2) is 0 Å². The molecule has 0 unspecified atom stereocenters. The molecule has 0 saturated carbocycles. The summed E-state index contributed by atoms with van der Waals surface area (Å²) in [5.74, 6) is 0.519. The van der Waals surface area contributed by atoms with Crippen LogP contribution in [0.1, 0.15) is 40.0 Å². The van der Waals surface area contributed by atoms with Gasteiger partial charge in [-0.05, 0) is 74.4 Å². The summed E-state index contributed by atoms with van der Waals surface area (Å²) in [6, 6.07) is 24.7. The van der Waals surface area contributed by atoms with Crippen LogP contribution in [0.4, 0.5) is 5.69 Å². The van der Waals surface area contributed by atoms with Crippen molar-refractivity contribution in [3.05, 3.63) is 111 Å². The zero-order valence-electron chi connectivity index (χ0n) is 21.1. The second kappa shape index (κ2) is 10.4. The molecule has 5 rings (SSSR count). The molecular formula is C30H30N4O3. The molecule has 3 aromatic carbocycles. The number of hydrogen-bond acceptors (Lipinski definition) is 4. The molecule has 37 heavy (non-hydrogen) atoms. The predicted octanol–water partition coefficient (Wildman–Crippen LogP) is 6.16. The molecule has 0 aliphatic carbocycles. The average molecular weight is 495 g/mol. The van der Waals surface area contributed by atoms with E-state index >= 15 is 0 Å². The topological polar surface area (TPSA) is 81.3 Å². The molecule has 7 nitrogen and oxygen atoms in total. The van der Waals surface area contributed by atoms with E-state index in [9.17, 15) is 14.9 Å². The first-order valence-electron chi connectivity index (χ1n) is 12.6. The lowest BCUT2D eigenvalue weighted by molar-refractivity contribution is -0.384. The summed E-state index contributed by atoms with van der Waals surface area (Å²) < 4.78 is 1.73. The van der Waals surface area contributed by atoms with Crippen LogP contribution >= 0.6 is 0 Å². The molecular weight excluding hydrogens is 464 g/mol. The fourth-order valence-electron chi connectivity index (χ4n) is 5.10. The van der Waals surface area contributed by atoms with Gasteiger partial charge < -0.3 is 4.90 Å². The molecule has 1 amide bonds. The zero-order chi connectivity index (χ0) is 25.9. The van der Waals surface area contributed by atoms with Crippen molar-refractivity contribution in [2.24, 2.45) is 5.92 Å². The van der Waals surface area contributed by atoms with Crippen molar-refractivity contribution in [3.8, 4) is 16.9 Å². The van der Waals surface area contributed by atoms with E-state index < -0.39 is 4.92 Å². The first kappa shape index (κ1) is 24.4. The first-order chi connectivity index (χ1) is 17.9. The molecule has 1 aliphatic rings. The summed E-state index contributed by atoms with van der Waals surface area (Å²) in [7, 11) is 0. The van der Waals surface area contributed by atoms with Crippen molar-refractivity contribution in [1.29, 1.82) is 0 Å². The monoisotopic (exact) mass is 494 g/mol. The minimum Gasteiger partial charge on any atom is -0.337 e. The minimum atomic E-state index is -0.422. The number of amides is 1. The third kappa shape index (κ3) is 5.31. The Morgan fingerprint density at radius 3 is 2.32 bits per heavy atom. The molecule has 0 N–H and O–H groups in total. The van der Waals surface area contributed by atoms with Gasteiger partial charge in [0.2, 0.25) is 0 Å². The molecule has 2 heterocycles. The van der Waals surface area contributed by atoms with Crippen molar-refractivity contribution >= 4 is 11.6 Å². The third-order valence-electron chi connectivity index (χ3n) is 7.15. The van der Waals surface area contributed by atoms with Gasteiger partial charge in [-0.1, -0.05) is 48.0 Å². The number of rotatable bonds is 6. The first-order valence-corrected chi connectivity index (χ1v) is 12.6. The normalized spacial score (nSPS) is 14.1. The maximum absolute atomic E-state index is 13.8. The van der Waals surface area contributed by atoms with Crippen LogP contribution in [0.5, 0.6) is 0 Å². The number of carbonyl (C=O) groups is 1. The summed E-state index contributed by atoms with van der Waals surface area (Å²) in [4.78, 5) is 26.4. The van der Waals surface area contributed by atoms with E-state index in [4.69, 9.17) is 5.10 Å². The average Bonchev–Trinajstić information content (AvgIpc) is 3.34. The number of likely N-dealkylation sites (tertiary alicyclic amines) is 1. The fraction of sp³-hybridized carbons (Fsp3) is 0.267. The highest BCUT2D eigenvalue weighted by Crippen LogP contribution is 2.28. The van der Waals surface area contributed by atoms with Gasteiger partial charge in [-0.3, -0.25) is 14.9 Å². The molecule has 0 atom stereocenters. The van der Waals surface area contributed by atoms with Gasteiger partial charge in [-0.2, -0.15) is 5.10 Å². The molecule has 188 valence electrons. The number of non-ortho nitro benzene ring substituents is 1. The van der Waals surface area contributed by atoms with Crippen LogP contribution in [-0.2, 0) is 6.42 Å². The van der Waals surface area contributed by atoms with Crippen molar-refractivity contribution in [2.45, 2.75) is 33.1 Å². The zero-order valence-corrected chi connectivity index (χ0v) is 21.1. The summed E-state index contributed by atoms with van der Waals surface area (Å²) in [5, 5.41) is 15.9. The Morgan fingerprint density at radius 2 is 1.68 bits per heavy atom. The van der Waals surface area contributed by atoms with Crippen molar-refractivity contribution in [2.75, 3.05) is 13.1 Å². The molecule has 1 aromatic heterocycles. The standard InChI is InChI=1S/C30H30N4O3/c1-21-8-13-28(22(2)18-21)33-29(20-27(31-33)25-9-11-26(12-10-25)34(36)37)30(35)32-16-14-24(15-17-32)19-23-6-4-3-5-7-23/h3-13,18,20,24H,14-17,19H2,1-2H3. The molecule has 0 spiro atoms. The maximum atomic E-state index is 13.8. The number of nitro groups is 1. The van der Waals surface area contributed by atoms with E-state index in [1.807, 2.05) is 36.9 Å². The largest absolute Gasteiger partial charge is 0.337 e. The van der Waals surface area contributed by atoms with E-state index in [1.165, 1.54) is 17.7 Å². The lowest BCUT2D eigenvalue weighted by Gasteiger charge is -2.32. The Labute approximate surface area is 216 Å². The van der Waals surface area contributed by atoms with E-state index in [0.29, 0.717) is 30.4 Å². The predicted molar refractivity (Wildman–Crippen MR) is 144 cm³/mol. The Kier molecular flexibility index (Phi) is 6.86. The van der Waals surface area contributed by atoms with Gasteiger partial charge in [0, 0.05) is 30.8 Å². The van der Waals surface area contributed by atoms with Gasteiger partial charge in [-0.15, -0.1) is 0 Å². The Bertz CT molecular complexity index is 1420. The SMILES string of the molecule is Cc1ccc(-n2nc(-c3ccc([N+](=O)[O-])cc3)cc2C(=O)N2CCC(Cc3ccccc3)CC2)c(C)c1. The quantitative estimate of drug-likeness (QED) is 0.237. The third-order valence-corrected chi connectivity index (χ3v) is 7.15. The number of nitro benzene ring substituents is 1. The van der Waals surface area contributed by atoms with Crippen LogP contribution in [0.25, 0.3) is 16.9 Å². The highest BCUT2D eigenvalue weighted by molar-refractivity contribution is 5.94. The maximum Gasteiger partial charge on any atom is 0.272 e. The van der Waals surface area contributed by atoms with E-state index in [-0.39, 0.29) is 11.6 Å². The van der Waals surface area contributed by atoms with Gasteiger partial charge >= 0.3 is 0 Å². The molecule has 0 radical (unpaired) electrons. The van der Waals surface area contributed by atoms with Gasteiger partial charge in [0.05, 0.1) is 16.3 Å². The highest BCUT2D eigenvalue weighted by atomic mass is 16.6. The molecule has 1 saturated heterocycles. The van der Waals surface area contributed by atoms with Gasteiger partial charge in [0.25, 0.3) is 11.6 Å². The Hall–Kier alpha value is -4.26. The molecule has 1 aliphatic heterocycles. The summed E-state index contributed by atoms with van der Waals surface area (Å²) in [6.45, 7) is 5.47. The van der Waals surface area contributed by atoms with Crippen LogP contribution in [0.2, 0.25) is 0 Å². The van der Waals surface area contributed by atoms with Crippen molar-refractivity contribution in [3.63, 3.8) is 0 Å². The summed E-state index contributed by atoms with van der Waals surface area (Å²) >= 11 is 0. The van der Waals surface area contributed by atoms with E-state index in [1.54, 1.807) is 22.9 Å². The number of aromatic nitrogens is 2. The molecule has 0 bridgehead atoms. The number of nitrogens with zero attached hydrogens (tertiary/aromatic N) is 4. The van der Waals surface area contributed by atoms with Crippen molar-refractivity contribution in [1.82, 2.24) is 14.7 Å². The van der Waals surface area contributed by atoms with Gasteiger partial charge in [0.1, 0.15) is 5.69 Å². The number of aryl methyl sites for hydroxylation is 2. The van der Waals surface area contributed by atoms with Crippen LogP contribution < -0.4 is 0 Å². The minimum absolute atomic E-state index is 0.0206. The highest BCUT2D eigenvalue weighted by Gasteiger charge is 2.27.